The van der Waals surface area contributed by atoms with E-state index in [0.29, 0.717) is 28.2 Å². The average molecular weight is 467 g/mol. The molecule has 0 radical (unpaired) electrons. The average Bonchev–Trinajstić information content (AvgIpc) is 2.87. The molecule has 0 fully saturated rings. The third-order valence-electron chi connectivity index (χ3n) is 5.36. The van der Waals surface area contributed by atoms with Gasteiger partial charge in [0.15, 0.2) is 11.6 Å². The van der Waals surface area contributed by atoms with E-state index in [-0.39, 0.29) is 18.2 Å². The monoisotopic (exact) mass is 466 g/mol. The van der Waals surface area contributed by atoms with E-state index in [4.69, 9.17) is 9.47 Å². The second-order valence-corrected chi connectivity index (χ2v) is 8.67. The molecule has 0 aliphatic rings. The first-order valence-electron chi connectivity index (χ1n) is 11.3. The molecule has 0 aliphatic carbocycles. The van der Waals surface area contributed by atoms with Crippen LogP contribution in [0.4, 0.5) is 0 Å². The standard InChI is InChI=1S/C30H26O5/c1-30(2,33)29(32)24-8-6-7-21(19-24)20-34-25-15-11-22(12-16-25)28(31)23-13-17-27(18-14-23)35-26-9-4-3-5-10-26/h3-19,33H,20H2,1-2H3. The fourth-order valence-corrected chi connectivity index (χ4v) is 3.49. The number of ketones is 2. The van der Waals surface area contributed by atoms with Crippen molar-refractivity contribution in [3.05, 3.63) is 125 Å². The van der Waals surface area contributed by atoms with Crippen LogP contribution in [0.25, 0.3) is 0 Å². The second-order valence-electron chi connectivity index (χ2n) is 8.67. The number of Topliss-reactive ketones (excluding diaryl/α,β-unsaturated/α-hetero) is 1. The summed E-state index contributed by atoms with van der Waals surface area (Å²) in [5.41, 5.74) is 0.911. The zero-order valence-electron chi connectivity index (χ0n) is 19.6. The van der Waals surface area contributed by atoms with Gasteiger partial charge in [0, 0.05) is 16.7 Å². The highest BCUT2D eigenvalue weighted by molar-refractivity contribution is 6.09. The van der Waals surface area contributed by atoms with Crippen molar-refractivity contribution in [3.8, 4) is 17.2 Å². The molecule has 0 bridgehead atoms. The fourth-order valence-electron chi connectivity index (χ4n) is 3.49. The maximum Gasteiger partial charge on any atom is 0.193 e. The van der Waals surface area contributed by atoms with Gasteiger partial charge in [0.2, 0.25) is 0 Å². The number of carbonyl (C=O) groups is 2. The number of carbonyl (C=O) groups excluding carboxylic acids is 2. The van der Waals surface area contributed by atoms with Crippen LogP contribution in [0.15, 0.2) is 103 Å². The molecule has 35 heavy (non-hydrogen) atoms. The quantitative estimate of drug-likeness (QED) is 0.296. The molecule has 0 unspecified atom stereocenters. The lowest BCUT2D eigenvalue weighted by atomic mass is 9.96. The molecule has 5 heteroatoms. The largest absolute Gasteiger partial charge is 0.489 e. The van der Waals surface area contributed by atoms with E-state index in [1.165, 1.54) is 13.8 Å². The van der Waals surface area contributed by atoms with Gasteiger partial charge in [-0.3, -0.25) is 9.59 Å². The van der Waals surface area contributed by atoms with Crippen LogP contribution in [-0.4, -0.2) is 22.3 Å². The molecule has 5 nitrogen and oxygen atoms in total. The topological polar surface area (TPSA) is 72.8 Å². The molecule has 0 saturated heterocycles. The van der Waals surface area contributed by atoms with Gasteiger partial charge >= 0.3 is 0 Å². The Morgan fingerprint density at radius 2 is 1.26 bits per heavy atom. The van der Waals surface area contributed by atoms with Gasteiger partial charge in [-0.25, -0.2) is 0 Å². The SMILES string of the molecule is CC(C)(O)C(=O)c1cccc(COc2ccc(C(=O)c3ccc(Oc4ccccc4)cc3)cc2)c1. The van der Waals surface area contributed by atoms with Gasteiger partial charge in [-0.1, -0.05) is 36.4 Å². The van der Waals surface area contributed by atoms with Gasteiger partial charge in [0.05, 0.1) is 0 Å². The Kier molecular flexibility index (Phi) is 7.09. The van der Waals surface area contributed by atoms with E-state index in [0.717, 1.165) is 11.3 Å². The third kappa shape index (κ3) is 6.22. The Balaban J connectivity index is 1.37. The summed E-state index contributed by atoms with van der Waals surface area (Å²) in [6.07, 6.45) is 0. The van der Waals surface area contributed by atoms with Gasteiger partial charge in [-0.2, -0.15) is 0 Å². The van der Waals surface area contributed by atoms with E-state index in [1.54, 1.807) is 66.7 Å². The van der Waals surface area contributed by atoms with Gasteiger partial charge in [-0.05, 0) is 86.1 Å². The Morgan fingerprint density at radius 3 is 1.86 bits per heavy atom. The summed E-state index contributed by atoms with van der Waals surface area (Å²) in [5.74, 6) is 1.55. The number of rotatable bonds is 9. The van der Waals surface area contributed by atoms with Crippen molar-refractivity contribution in [2.24, 2.45) is 0 Å². The first-order valence-corrected chi connectivity index (χ1v) is 11.3. The number of para-hydroxylation sites is 1. The Bertz CT molecular complexity index is 1300. The first-order chi connectivity index (χ1) is 16.8. The highest BCUT2D eigenvalue weighted by Crippen LogP contribution is 2.23. The summed E-state index contributed by atoms with van der Waals surface area (Å²) in [6, 6.07) is 30.4. The van der Waals surface area contributed by atoms with Crippen LogP contribution in [0.1, 0.15) is 45.7 Å². The highest BCUT2D eigenvalue weighted by Gasteiger charge is 2.25. The summed E-state index contributed by atoms with van der Waals surface area (Å²) in [6.45, 7) is 3.19. The van der Waals surface area contributed by atoms with Crippen molar-refractivity contribution in [1.29, 1.82) is 0 Å². The molecule has 4 aromatic rings. The molecule has 0 heterocycles. The van der Waals surface area contributed by atoms with Crippen molar-refractivity contribution in [2.75, 3.05) is 0 Å². The smallest absolute Gasteiger partial charge is 0.193 e. The van der Waals surface area contributed by atoms with Gasteiger partial charge in [0.25, 0.3) is 0 Å². The molecule has 1 N–H and O–H groups in total. The predicted molar refractivity (Wildman–Crippen MR) is 134 cm³/mol. The molecular formula is C30H26O5. The van der Waals surface area contributed by atoms with Crippen LogP contribution in [-0.2, 0) is 6.61 Å². The predicted octanol–water partition coefficient (Wildman–Crippen LogP) is 6.24. The van der Waals surface area contributed by atoms with Crippen LogP contribution < -0.4 is 9.47 Å². The summed E-state index contributed by atoms with van der Waals surface area (Å²) >= 11 is 0. The van der Waals surface area contributed by atoms with Crippen molar-refractivity contribution < 1.29 is 24.2 Å². The van der Waals surface area contributed by atoms with Gasteiger partial charge in [-0.15, -0.1) is 0 Å². The first kappa shape index (κ1) is 23.9. The normalized spacial score (nSPS) is 11.1. The highest BCUT2D eigenvalue weighted by atomic mass is 16.5. The lowest BCUT2D eigenvalue weighted by molar-refractivity contribution is 0.0488. The van der Waals surface area contributed by atoms with E-state index < -0.39 is 5.60 Å². The van der Waals surface area contributed by atoms with Gasteiger partial charge < -0.3 is 14.6 Å². The van der Waals surface area contributed by atoms with E-state index in [2.05, 4.69) is 0 Å². The number of hydrogen-bond donors (Lipinski definition) is 1. The van der Waals surface area contributed by atoms with Crippen LogP contribution >= 0.6 is 0 Å². The van der Waals surface area contributed by atoms with E-state index >= 15 is 0 Å². The molecular weight excluding hydrogens is 440 g/mol. The molecule has 0 aromatic heterocycles. The molecule has 0 atom stereocenters. The molecule has 176 valence electrons. The maximum absolute atomic E-state index is 12.9. The van der Waals surface area contributed by atoms with Crippen molar-refractivity contribution in [2.45, 2.75) is 26.1 Å². The Hall–Kier alpha value is -4.22. The number of ether oxygens (including phenoxy) is 2. The van der Waals surface area contributed by atoms with E-state index in [1.807, 2.05) is 36.4 Å². The van der Waals surface area contributed by atoms with Crippen LogP contribution in [0.2, 0.25) is 0 Å². The summed E-state index contributed by atoms with van der Waals surface area (Å²) in [5, 5.41) is 9.95. The zero-order valence-corrected chi connectivity index (χ0v) is 19.6. The number of hydrogen-bond acceptors (Lipinski definition) is 5. The van der Waals surface area contributed by atoms with Crippen LogP contribution in [0, 0.1) is 0 Å². The van der Waals surface area contributed by atoms with Crippen molar-refractivity contribution in [1.82, 2.24) is 0 Å². The fraction of sp³-hybridized carbons (Fsp3) is 0.133. The molecule has 0 spiro atoms. The third-order valence-corrected chi connectivity index (χ3v) is 5.36. The molecule has 0 aliphatic heterocycles. The van der Waals surface area contributed by atoms with Crippen molar-refractivity contribution in [3.63, 3.8) is 0 Å². The molecule has 0 saturated carbocycles. The maximum atomic E-state index is 12.9. The van der Waals surface area contributed by atoms with Crippen molar-refractivity contribution >= 4 is 11.6 Å². The summed E-state index contributed by atoms with van der Waals surface area (Å²) < 4.78 is 11.6. The Labute approximate surface area is 204 Å². The minimum Gasteiger partial charge on any atom is -0.489 e. The lowest BCUT2D eigenvalue weighted by Gasteiger charge is -2.16. The van der Waals surface area contributed by atoms with Crippen LogP contribution in [0.5, 0.6) is 17.2 Å². The minimum atomic E-state index is -1.43. The van der Waals surface area contributed by atoms with E-state index in [9.17, 15) is 14.7 Å². The minimum absolute atomic E-state index is 0.0966. The molecule has 4 aromatic carbocycles. The summed E-state index contributed by atoms with van der Waals surface area (Å²) in [4.78, 5) is 25.1. The number of benzene rings is 4. The van der Waals surface area contributed by atoms with Crippen LogP contribution in [0.3, 0.4) is 0 Å². The Morgan fingerprint density at radius 1 is 0.686 bits per heavy atom. The summed E-state index contributed by atoms with van der Waals surface area (Å²) in [7, 11) is 0. The van der Waals surface area contributed by atoms with Gasteiger partial charge in [0.1, 0.15) is 29.5 Å². The molecule has 4 rings (SSSR count). The lowest BCUT2D eigenvalue weighted by Crippen LogP contribution is -2.31. The zero-order chi connectivity index (χ0) is 24.8. The molecule has 0 amide bonds. The second kappa shape index (κ2) is 10.4. The number of aliphatic hydroxyl groups is 1.